The maximum atomic E-state index is 12.7. The first-order valence-corrected chi connectivity index (χ1v) is 9.04. The van der Waals surface area contributed by atoms with E-state index in [0.29, 0.717) is 16.5 Å². The Morgan fingerprint density at radius 2 is 1.71 bits per heavy atom. The molecule has 130 valence electrons. The third-order valence-corrected chi connectivity index (χ3v) is 5.91. The zero-order valence-electron chi connectivity index (χ0n) is 14.0. The van der Waals surface area contributed by atoms with Crippen LogP contribution in [0.1, 0.15) is 11.1 Å². The normalized spacial score (nSPS) is 11.6. The molecule has 2 aromatic carbocycles. The van der Waals surface area contributed by atoms with Gasteiger partial charge in [0.15, 0.2) is 11.5 Å². The number of nitrogens with zero attached hydrogens (tertiary/aromatic N) is 1. The summed E-state index contributed by atoms with van der Waals surface area (Å²) in [4.78, 5) is 0.168. The van der Waals surface area contributed by atoms with Gasteiger partial charge < -0.3 is 9.47 Å². The molecule has 5 nitrogen and oxygen atoms in total. The topological polar surface area (TPSA) is 55.8 Å². The Bertz CT molecular complexity index is 836. The van der Waals surface area contributed by atoms with Crippen LogP contribution in [0, 0.1) is 6.92 Å². The van der Waals surface area contributed by atoms with Gasteiger partial charge in [0.2, 0.25) is 10.0 Å². The summed E-state index contributed by atoms with van der Waals surface area (Å²) >= 11 is 6.04. The number of ether oxygens (including phenoxy) is 2. The summed E-state index contributed by atoms with van der Waals surface area (Å²) in [5.74, 6) is 1.15. The number of hydrogen-bond donors (Lipinski definition) is 0. The summed E-state index contributed by atoms with van der Waals surface area (Å²) in [7, 11) is 0.982. The van der Waals surface area contributed by atoms with Gasteiger partial charge in [-0.15, -0.1) is 0 Å². The highest BCUT2D eigenvalue weighted by atomic mass is 35.5. The fourth-order valence-electron chi connectivity index (χ4n) is 2.24. The average molecular weight is 370 g/mol. The second-order valence-electron chi connectivity index (χ2n) is 5.36. The van der Waals surface area contributed by atoms with Crippen molar-refractivity contribution in [3.05, 3.63) is 52.5 Å². The third-order valence-electron chi connectivity index (χ3n) is 3.70. The van der Waals surface area contributed by atoms with Gasteiger partial charge in [0.05, 0.1) is 19.1 Å². The van der Waals surface area contributed by atoms with Gasteiger partial charge in [-0.25, -0.2) is 8.42 Å². The van der Waals surface area contributed by atoms with Crippen LogP contribution in [0.25, 0.3) is 0 Å². The minimum absolute atomic E-state index is 0.168. The molecule has 0 saturated carbocycles. The summed E-state index contributed by atoms with van der Waals surface area (Å²) in [5, 5.41) is 0.426. The Kier molecular flexibility index (Phi) is 5.74. The van der Waals surface area contributed by atoms with Crippen LogP contribution in [0.2, 0.25) is 5.02 Å². The molecule has 0 aliphatic heterocycles. The predicted octanol–water partition coefficient (Wildman–Crippen LogP) is 3.49. The van der Waals surface area contributed by atoms with Gasteiger partial charge in [-0.3, -0.25) is 0 Å². The number of methoxy groups -OCH3 is 2. The van der Waals surface area contributed by atoms with Gasteiger partial charge >= 0.3 is 0 Å². The molecule has 0 aliphatic rings. The van der Waals surface area contributed by atoms with Crippen LogP contribution in [0.15, 0.2) is 41.3 Å². The first-order valence-electron chi connectivity index (χ1n) is 7.23. The number of benzene rings is 2. The van der Waals surface area contributed by atoms with Crippen molar-refractivity contribution in [3.8, 4) is 11.5 Å². The number of aryl methyl sites for hydroxylation is 1. The molecule has 7 heteroatoms. The first-order chi connectivity index (χ1) is 11.3. The van der Waals surface area contributed by atoms with E-state index in [2.05, 4.69) is 0 Å². The third kappa shape index (κ3) is 3.83. The van der Waals surface area contributed by atoms with E-state index in [1.54, 1.807) is 37.4 Å². The molecular weight excluding hydrogens is 350 g/mol. The number of halogens is 1. The Balaban J connectivity index is 2.27. The number of hydrogen-bond acceptors (Lipinski definition) is 4. The molecule has 0 unspecified atom stereocenters. The first kappa shape index (κ1) is 18.6. The van der Waals surface area contributed by atoms with Crippen LogP contribution < -0.4 is 9.47 Å². The van der Waals surface area contributed by atoms with Crippen LogP contribution in [-0.2, 0) is 16.6 Å². The van der Waals surface area contributed by atoms with E-state index in [9.17, 15) is 8.42 Å². The maximum absolute atomic E-state index is 12.7. The average Bonchev–Trinajstić information content (AvgIpc) is 2.56. The SMILES string of the molecule is COc1ccc(CN(C)S(=O)(=O)c2ccc(C)c(Cl)c2)cc1OC. The van der Waals surface area contributed by atoms with Crippen LogP contribution >= 0.6 is 11.6 Å². The van der Waals surface area contributed by atoms with E-state index in [4.69, 9.17) is 21.1 Å². The summed E-state index contributed by atoms with van der Waals surface area (Å²) in [6, 6.07) is 10.0. The van der Waals surface area contributed by atoms with E-state index in [1.807, 2.05) is 6.92 Å². The fourth-order valence-corrected chi connectivity index (χ4v) is 3.67. The lowest BCUT2D eigenvalue weighted by Gasteiger charge is -2.18. The second kappa shape index (κ2) is 7.42. The lowest BCUT2D eigenvalue weighted by Crippen LogP contribution is -2.26. The second-order valence-corrected chi connectivity index (χ2v) is 7.81. The highest BCUT2D eigenvalue weighted by molar-refractivity contribution is 7.89. The highest BCUT2D eigenvalue weighted by Crippen LogP contribution is 2.29. The Hall–Kier alpha value is -1.76. The number of rotatable bonds is 6. The minimum atomic E-state index is -3.63. The van der Waals surface area contributed by atoms with E-state index in [-0.39, 0.29) is 11.4 Å². The Morgan fingerprint density at radius 1 is 1.04 bits per heavy atom. The van der Waals surface area contributed by atoms with E-state index >= 15 is 0 Å². The quantitative estimate of drug-likeness (QED) is 0.782. The van der Waals surface area contributed by atoms with Gasteiger partial charge in [0, 0.05) is 18.6 Å². The van der Waals surface area contributed by atoms with Crippen molar-refractivity contribution >= 4 is 21.6 Å². The van der Waals surface area contributed by atoms with Crippen molar-refractivity contribution < 1.29 is 17.9 Å². The van der Waals surface area contributed by atoms with Crippen molar-refractivity contribution in [1.29, 1.82) is 0 Å². The van der Waals surface area contributed by atoms with Crippen molar-refractivity contribution in [3.63, 3.8) is 0 Å². The minimum Gasteiger partial charge on any atom is -0.493 e. The molecular formula is C17H20ClNO4S. The summed E-state index contributed by atoms with van der Waals surface area (Å²) < 4.78 is 37.1. The Labute approximate surface area is 147 Å². The highest BCUT2D eigenvalue weighted by Gasteiger charge is 2.22. The molecule has 0 spiro atoms. The smallest absolute Gasteiger partial charge is 0.243 e. The van der Waals surface area contributed by atoms with E-state index < -0.39 is 10.0 Å². The monoisotopic (exact) mass is 369 g/mol. The van der Waals surface area contributed by atoms with Gasteiger partial charge in [-0.2, -0.15) is 4.31 Å². The predicted molar refractivity (Wildman–Crippen MR) is 94.4 cm³/mol. The molecule has 0 amide bonds. The van der Waals surface area contributed by atoms with Gasteiger partial charge in [0.25, 0.3) is 0 Å². The fraction of sp³-hybridized carbons (Fsp3) is 0.294. The standard InChI is InChI=1S/C17H20ClNO4S/c1-12-5-7-14(10-15(12)18)24(20,21)19(2)11-13-6-8-16(22-3)17(9-13)23-4/h5-10H,11H2,1-4H3. The molecule has 0 aromatic heterocycles. The van der Waals surface area contributed by atoms with E-state index in [0.717, 1.165) is 11.1 Å². The number of sulfonamides is 1. The molecule has 0 heterocycles. The van der Waals surface area contributed by atoms with Gasteiger partial charge in [-0.1, -0.05) is 23.7 Å². The molecule has 0 atom stereocenters. The van der Waals surface area contributed by atoms with Crippen molar-refractivity contribution in [2.24, 2.45) is 0 Å². The lowest BCUT2D eigenvalue weighted by atomic mass is 10.2. The van der Waals surface area contributed by atoms with E-state index in [1.165, 1.54) is 24.5 Å². The van der Waals surface area contributed by atoms with Crippen molar-refractivity contribution in [2.45, 2.75) is 18.4 Å². The summed E-state index contributed by atoms with van der Waals surface area (Å²) in [6.45, 7) is 2.03. The summed E-state index contributed by atoms with van der Waals surface area (Å²) in [5.41, 5.74) is 1.62. The summed E-state index contributed by atoms with van der Waals surface area (Å²) in [6.07, 6.45) is 0. The maximum Gasteiger partial charge on any atom is 0.243 e. The molecule has 0 radical (unpaired) electrons. The largest absolute Gasteiger partial charge is 0.493 e. The molecule has 0 fully saturated rings. The Morgan fingerprint density at radius 3 is 2.29 bits per heavy atom. The lowest BCUT2D eigenvalue weighted by molar-refractivity contribution is 0.354. The molecule has 0 saturated heterocycles. The molecule has 0 N–H and O–H groups in total. The molecule has 2 aromatic rings. The van der Waals surface area contributed by atoms with Crippen molar-refractivity contribution in [1.82, 2.24) is 4.31 Å². The van der Waals surface area contributed by atoms with Gasteiger partial charge in [-0.05, 0) is 42.3 Å². The van der Waals surface area contributed by atoms with Crippen LogP contribution in [-0.4, -0.2) is 34.0 Å². The van der Waals surface area contributed by atoms with Crippen LogP contribution in [0.3, 0.4) is 0 Å². The molecule has 24 heavy (non-hydrogen) atoms. The zero-order valence-corrected chi connectivity index (χ0v) is 15.6. The molecule has 0 aliphatic carbocycles. The molecule has 0 bridgehead atoms. The van der Waals surface area contributed by atoms with Crippen molar-refractivity contribution in [2.75, 3.05) is 21.3 Å². The molecule has 2 rings (SSSR count). The zero-order chi connectivity index (χ0) is 17.9. The van der Waals surface area contributed by atoms with Gasteiger partial charge in [0.1, 0.15) is 0 Å². The van der Waals surface area contributed by atoms with Crippen LogP contribution in [0.4, 0.5) is 0 Å². The van der Waals surface area contributed by atoms with Crippen LogP contribution in [0.5, 0.6) is 11.5 Å².